The van der Waals surface area contributed by atoms with Gasteiger partial charge in [0.25, 0.3) is 0 Å². The van der Waals surface area contributed by atoms with Gasteiger partial charge in [-0.2, -0.15) is 5.10 Å². The van der Waals surface area contributed by atoms with E-state index in [-0.39, 0.29) is 5.78 Å². The summed E-state index contributed by atoms with van der Waals surface area (Å²) in [4.78, 5) is 25.7. The predicted molar refractivity (Wildman–Crippen MR) is 75.7 cm³/mol. The van der Waals surface area contributed by atoms with Gasteiger partial charge in [-0.25, -0.2) is 0 Å². The van der Waals surface area contributed by atoms with Crippen LogP contribution in [-0.4, -0.2) is 45.9 Å². The Morgan fingerprint density at radius 2 is 2.05 bits per heavy atom. The minimum absolute atomic E-state index is 0.0953. The van der Waals surface area contributed by atoms with Gasteiger partial charge in [-0.05, 0) is 6.07 Å². The Labute approximate surface area is 117 Å². The third-order valence-electron chi connectivity index (χ3n) is 3.75. The van der Waals surface area contributed by atoms with E-state index in [0.717, 1.165) is 10.9 Å². The fourth-order valence-electron chi connectivity index (χ4n) is 2.65. The number of ketones is 2. The second kappa shape index (κ2) is 5.17. The first-order valence-corrected chi connectivity index (χ1v) is 6.83. The molecule has 0 bridgehead atoms. The molecule has 0 atom stereocenters. The molecule has 1 aliphatic heterocycles. The van der Waals surface area contributed by atoms with Crippen LogP contribution in [-0.2, 0) is 11.8 Å². The van der Waals surface area contributed by atoms with E-state index in [2.05, 4.69) is 10.00 Å². The zero-order chi connectivity index (χ0) is 14.1. The molecule has 0 aliphatic carbocycles. The van der Waals surface area contributed by atoms with E-state index in [4.69, 9.17) is 0 Å². The maximum Gasteiger partial charge on any atom is 0.177 e. The molecular formula is C15H17N3O2. The summed E-state index contributed by atoms with van der Waals surface area (Å²) in [6, 6.07) is 5.62. The van der Waals surface area contributed by atoms with E-state index in [9.17, 15) is 9.59 Å². The number of nitrogens with zero attached hydrogens (tertiary/aromatic N) is 3. The van der Waals surface area contributed by atoms with Crippen LogP contribution in [0.2, 0.25) is 0 Å². The van der Waals surface area contributed by atoms with Gasteiger partial charge in [-0.1, -0.05) is 12.1 Å². The molecule has 0 unspecified atom stereocenters. The summed E-state index contributed by atoms with van der Waals surface area (Å²) >= 11 is 0. The van der Waals surface area contributed by atoms with Gasteiger partial charge in [-0.15, -0.1) is 0 Å². The number of aromatic nitrogens is 2. The molecule has 3 rings (SSSR count). The monoisotopic (exact) mass is 271 g/mol. The highest BCUT2D eigenvalue weighted by Crippen LogP contribution is 2.18. The van der Waals surface area contributed by atoms with Crippen LogP contribution in [0.25, 0.3) is 10.9 Å². The van der Waals surface area contributed by atoms with Crippen LogP contribution in [0.1, 0.15) is 23.2 Å². The number of benzene rings is 1. The molecule has 0 saturated carbocycles. The lowest BCUT2D eigenvalue weighted by Gasteiger charge is -2.24. The Hall–Kier alpha value is -2.01. The van der Waals surface area contributed by atoms with Gasteiger partial charge < -0.3 is 0 Å². The summed E-state index contributed by atoms with van der Waals surface area (Å²) in [5.74, 6) is 0.390. The molecule has 1 aromatic carbocycles. The lowest BCUT2D eigenvalue weighted by atomic mass is 10.0. The van der Waals surface area contributed by atoms with Crippen molar-refractivity contribution < 1.29 is 9.59 Å². The summed E-state index contributed by atoms with van der Waals surface area (Å²) in [6.45, 7) is 1.75. The van der Waals surface area contributed by atoms with Crippen molar-refractivity contribution in [2.75, 3.05) is 19.6 Å². The maximum atomic E-state index is 12.5. The number of aryl methyl sites for hydroxylation is 1. The van der Waals surface area contributed by atoms with Crippen molar-refractivity contribution in [2.24, 2.45) is 7.05 Å². The van der Waals surface area contributed by atoms with E-state index in [1.165, 1.54) is 0 Å². The smallest absolute Gasteiger partial charge is 0.177 e. The fraction of sp³-hybridized carbons (Fsp3) is 0.400. The third kappa shape index (κ3) is 2.49. The van der Waals surface area contributed by atoms with E-state index >= 15 is 0 Å². The molecular weight excluding hydrogens is 254 g/mol. The normalized spacial score (nSPS) is 16.8. The Morgan fingerprint density at radius 3 is 2.80 bits per heavy atom. The molecule has 20 heavy (non-hydrogen) atoms. The van der Waals surface area contributed by atoms with Crippen LogP contribution < -0.4 is 0 Å². The van der Waals surface area contributed by atoms with E-state index < -0.39 is 0 Å². The largest absolute Gasteiger partial charge is 0.300 e. The lowest BCUT2D eigenvalue weighted by molar-refractivity contribution is -0.121. The molecule has 5 heteroatoms. The topological polar surface area (TPSA) is 55.2 Å². The van der Waals surface area contributed by atoms with Gasteiger partial charge in [0.1, 0.15) is 5.78 Å². The number of carbonyl (C=O) groups excluding carboxylic acids is 2. The van der Waals surface area contributed by atoms with Crippen molar-refractivity contribution in [3.8, 4) is 0 Å². The maximum absolute atomic E-state index is 12.5. The van der Waals surface area contributed by atoms with Crippen molar-refractivity contribution in [1.29, 1.82) is 0 Å². The number of rotatable bonds is 3. The van der Waals surface area contributed by atoms with E-state index in [1.54, 1.807) is 4.68 Å². The summed E-state index contributed by atoms with van der Waals surface area (Å²) in [6.07, 6.45) is 3.00. The minimum Gasteiger partial charge on any atom is -0.300 e. The van der Waals surface area contributed by atoms with Crippen LogP contribution in [0.4, 0.5) is 0 Å². The predicted octanol–water partition coefficient (Wildman–Crippen LogP) is 1.42. The minimum atomic E-state index is 0.0953. The summed E-state index contributed by atoms with van der Waals surface area (Å²) in [7, 11) is 1.85. The third-order valence-corrected chi connectivity index (χ3v) is 3.75. The van der Waals surface area contributed by atoms with E-state index in [1.807, 2.05) is 31.4 Å². The van der Waals surface area contributed by atoms with Crippen molar-refractivity contribution in [2.45, 2.75) is 12.8 Å². The summed E-state index contributed by atoms with van der Waals surface area (Å²) in [5.41, 5.74) is 1.56. The number of carbonyl (C=O) groups is 2. The molecule has 5 nitrogen and oxygen atoms in total. The first-order chi connectivity index (χ1) is 9.63. The highest BCUT2D eigenvalue weighted by Gasteiger charge is 2.20. The number of Topliss-reactive ketones (excluding diaryl/α,β-unsaturated/α-hetero) is 2. The van der Waals surface area contributed by atoms with Gasteiger partial charge in [-0.3, -0.25) is 19.2 Å². The van der Waals surface area contributed by atoms with Crippen LogP contribution in [0.3, 0.4) is 0 Å². The first-order valence-electron chi connectivity index (χ1n) is 6.83. The highest BCUT2D eigenvalue weighted by molar-refractivity contribution is 6.08. The molecule has 0 radical (unpaired) electrons. The van der Waals surface area contributed by atoms with Gasteiger partial charge in [0.05, 0.1) is 12.1 Å². The Morgan fingerprint density at radius 1 is 1.30 bits per heavy atom. The molecule has 0 N–H and O–H groups in total. The first kappa shape index (κ1) is 13.0. The van der Waals surface area contributed by atoms with Crippen molar-refractivity contribution in [1.82, 2.24) is 14.7 Å². The average Bonchev–Trinajstić information content (AvgIpc) is 2.81. The molecule has 0 spiro atoms. The standard InChI is InChI=1S/C15H17N3O2/c1-17-9-13-12(3-2-4-14(13)16-17)15(20)10-18-7-5-11(19)6-8-18/h2-4,9H,5-8,10H2,1H3. The average molecular weight is 271 g/mol. The zero-order valence-corrected chi connectivity index (χ0v) is 11.5. The number of hydrogen-bond acceptors (Lipinski definition) is 4. The van der Waals surface area contributed by atoms with Gasteiger partial charge in [0.2, 0.25) is 0 Å². The molecule has 1 aliphatic rings. The molecule has 1 saturated heterocycles. The molecule has 104 valence electrons. The highest BCUT2D eigenvalue weighted by atomic mass is 16.1. The molecule has 1 fully saturated rings. The quantitative estimate of drug-likeness (QED) is 0.792. The Bertz CT molecular complexity index is 665. The van der Waals surface area contributed by atoms with Gasteiger partial charge >= 0.3 is 0 Å². The second-order valence-corrected chi connectivity index (χ2v) is 5.28. The van der Waals surface area contributed by atoms with Crippen molar-refractivity contribution in [3.63, 3.8) is 0 Å². The van der Waals surface area contributed by atoms with Crippen molar-refractivity contribution in [3.05, 3.63) is 30.0 Å². The number of fused-ring (bicyclic) bond motifs is 1. The SMILES string of the molecule is Cn1cc2c(C(=O)CN3CCC(=O)CC3)cccc2n1. The van der Waals surface area contributed by atoms with Gasteiger partial charge in [0.15, 0.2) is 5.78 Å². The molecule has 2 heterocycles. The van der Waals surface area contributed by atoms with Crippen LogP contribution >= 0.6 is 0 Å². The van der Waals surface area contributed by atoms with E-state index in [0.29, 0.717) is 43.8 Å². The molecule has 2 aromatic rings. The van der Waals surface area contributed by atoms with Crippen LogP contribution in [0.5, 0.6) is 0 Å². The van der Waals surface area contributed by atoms with Crippen molar-refractivity contribution >= 4 is 22.5 Å². The molecule has 0 amide bonds. The number of hydrogen-bond donors (Lipinski definition) is 0. The van der Waals surface area contributed by atoms with Crippen LogP contribution in [0.15, 0.2) is 24.4 Å². The van der Waals surface area contributed by atoms with Gasteiger partial charge in [0, 0.05) is 50.1 Å². The van der Waals surface area contributed by atoms with Crippen LogP contribution in [0, 0.1) is 0 Å². The number of piperidine rings is 1. The molecule has 1 aromatic heterocycles. The zero-order valence-electron chi connectivity index (χ0n) is 11.5. The Balaban J connectivity index is 1.80. The lowest BCUT2D eigenvalue weighted by Crippen LogP contribution is -2.37. The summed E-state index contributed by atoms with van der Waals surface area (Å²) < 4.78 is 1.72. The second-order valence-electron chi connectivity index (χ2n) is 5.28. The number of likely N-dealkylation sites (tertiary alicyclic amines) is 1. The fourth-order valence-corrected chi connectivity index (χ4v) is 2.65. The summed E-state index contributed by atoms with van der Waals surface area (Å²) in [5, 5.41) is 5.22. The Kier molecular flexibility index (Phi) is 3.36.